The van der Waals surface area contributed by atoms with Gasteiger partial charge in [0.2, 0.25) is 0 Å². The Hall–Kier alpha value is -3.54. The SMILES string of the molecule is CCCOC(=O)O[C@@H](C)CC(N)(Cc1ccc(OC(=O)OC(C)(C)C)c(OC(=O)OC(C)(C)C)c1)C(=O)OC. The predicted octanol–water partition coefficient (Wildman–Crippen LogP) is 5.07. The number of carbonyl (C=O) groups excluding carboxylic acids is 4. The topological polar surface area (TPSA) is 159 Å². The summed E-state index contributed by atoms with van der Waals surface area (Å²) in [5.74, 6) is -1.06. The van der Waals surface area contributed by atoms with E-state index in [0.29, 0.717) is 12.0 Å². The van der Waals surface area contributed by atoms with Crippen molar-refractivity contribution in [1.29, 1.82) is 0 Å². The van der Waals surface area contributed by atoms with Crippen molar-refractivity contribution in [3.05, 3.63) is 23.8 Å². The lowest BCUT2D eigenvalue weighted by Gasteiger charge is -2.29. The van der Waals surface area contributed by atoms with Gasteiger partial charge in [-0.05, 0) is 72.6 Å². The smallest absolute Gasteiger partial charge is 0.468 e. The van der Waals surface area contributed by atoms with E-state index in [-0.39, 0.29) is 30.9 Å². The highest BCUT2D eigenvalue weighted by Gasteiger charge is 2.38. The molecular weight excluding hydrogens is 514 g/mol. The zero-order valence-corrected chi connectivity index (χ0v) is 24.2. The van der Waals surface area contributed by atoms with Crippen LogP contribution in [0.2, 0.25) is 0 Å². The molecule has 1 aromatic carbocycles. The largest absolute Gasteiger partial charge is 0.514 e. The van der Waals surface area contributed by atoms with Gasteiger partial charge in [-0.15, -0.1) is 0 Å². The standard InChI is InChI=1S/C27H41NO11/c1-10-13-34-22(30)35-17(2)15-27(28,21(29)33-9)16-18-11-12-19(36-23(31)38-25(3,4)5)20(14-18)37-24(32)39-26(6,7)8/h11-12,14,17H,10,13,15-16,28H2,1-9H3/t17-,27?/m0/s1. The lowest BCUT2D eigenvalue weighted by Crippen LogP contribution is -2.53. The molecule has 0 heterocycles. The Morgan fingerprint density at radius 3 is 1.90 bits per heavy atom. The molecule has 1 rings (SSSR count). The van der Waals surface area contributed by atoms with Gasteiger partial charge in [-0.3, -0.25) is 4.79 Å². The molecule has 1 aromatic rings. The van der Waals surface area contributed by atoms with Gasteiger partial charge in [0.05, 0.1) is 13.7 Å². The number of rotatable bonds is 10. The quantitative estimate of drug-likeness (QED) is 0.232. The van der Waals surface area contributed by atoms with Crippen LogP contribution >= 0.6 is 0 Å². The third kappa shape index (κ3) is 12.7. The van der Waals surface area contributed by atoms with Crippen molar-refractivity contribution in [3.63, 3.8) is 0 Å². The van der Waals surface area contributed by atoms with Gasteiger partial charge in [0.1, 0.15) is 22.8 Å². The Bertz CT molecular complexity index is 1010. The second-order valence-corrected chi connectivity index (χ2v) is 11.0. The van der Waals surface area contributed by atoms with Gasteiger partial charge in [-0.2, -0.15) is 0 Å². The average molecular weight is 556 g/mol. The van der Waals surface area contributed by atoms with Crippen LogP contribution in [0.1, 0.15) is 73.8 Å². The Labute approximate surface area is 229 Å². The molecule has 0 saturated carbocycles. The molecule has 220 valence electrons. The van der Waals surface area contributed by atoms with Crippen LogP contribution in [-0.4, -0.2) is 61.0 Å². The number of hydrogen-bond donors (Lipinski definition) is 1. The first kappa shape index (κ1) is 33.5. The molecule has 0 aliphatic rings. The van der Waals surface area contributed by atoms with E-state index in [1.165, 1.54) is 25.3 Å². The summed E-state index contributed by atoms with van der Waals surface area (Å²) < 4.78 is 36.0. The Kier molecular flexibility index (Phi) is 12.0. The van der Waals surface area contributed by atoms with Crippen LogP contribution in [0.4, 0.5) is 14.4 Å². The first-order valence-electron chi connectivity index (χ1n) is 12.5. The van der Waals surface area contributed by atoms with Crippen LogP contribution in [0, 0.1) is 0 Å². The first-order valence-corrected chi connectivity index (χ1v) is 12.5. The monoisotopic (exact) mass is 555 g/mol. The molecule has 2 N–H and O–H groups in total. The van der Waals surface area contributed by atoms with E-state index < -0.39 is 47.3 Å². The van der Waals surface area contributed by atoms with Crippen molar-refractivity contribution in [2.24, 2.45) is 5.73 Å². The molecule has 0 aliphatic heterocycles. The van der Waals surface area contributed by atoms with E-state index in [4.69, 9.17) is 38.9 Å². The minimum Gasteiger partial charge on any atom is -0.468 e. The van der Waals surface area contributed by atoms with Crippen molar-refractivity contribution in [2.75, 3.05) is 13.7 Å². The molecule has 0 fully saturated rings. The van der Waals surface area contributed by atoms with Crippen LogP contribution in [-0.2, 0) is 34.9 Å². The summed E-state index contributed by atoms with van der Waals surface area (Å²) >= 11 is 0. The highest BCUT2D eigenvalue weighted by Crippen LogP contribution is 2.32. The average Bonchev–Trinajstić information content (AvgIpc) is 2.76. The van der Waals surface area contributed by atoms with Gasteiger partial charge in [-0.1, -0.05) is 13.0 Å². The Morgan fingerprint density at radius 2 is 1.41 bits per heavy atom. The lowest BCUT2D eigenvalue weighted by atomic mass is 9.86. The number of methoxy groups -OCH3 is 1. The second-order valence-electron chi connectivity index (χ2n) is 11.0. The van der Waals surface area contributed by atoms with Crippen LogP contribution in [0.5, 0.6) is 11.5 Å². The molecule has 0 spiro atoms. The molecule has 1 unspecified atom stereocenters. The van der Waals surface area contributed by atoms with Crippen LogP contribution in [0.25, 0.3) is 0 Å². The minimum atomic E-state index is -1.64. The normalized spacial score (nSPS) is 13.8. The summed E-state index contributed by atoms with van der Waals surface area (Å²) in [6, 6.07) is 4.25. The highest BCUT2D eigenvalue weighted by molar-refractivity contribution is 5.81. The zero-order valence-electron chi connectivity index (χ0n) is 24.2. The maximum atomic E-state index is 12.7. The van der Waals surface area contributed by atoms with Crippen molar-refractivity contribution < 1.29 is 52.3 Å². The lowest BCUT2D eigenvalue weighted by molar-refractivity contribution is -0.148. The summed E-state index contributed by atoms with van der Waals surface area (Å²) in [7, 11) is 1.18. The number of hydrogen-bond acceptors (Lipinski definition) is 12. The summed E-state index contributed by atoms with van der Waals surface area (Å²) in [5, 5.41) is 0. The molecule has 0 radical (unpaired) electrons. The van der Waals surface area contributed by atoms with Gasteiger partial charge in [0, 0.05) is 12.8 Å². The molecule has 12 heteroatoms. The summed E-state index contributed by atoms with van der Waals surface area (Å²) in [6.07, 6.45) is -3.36. The van der Waals surface area contributed by atoms with Gasteiger partial charge in [-0.25, -0.2) is 14.4 Å². The molecule has 0 bridgehead atoms. The van der Waals surface area contributed by atoms with Crippen molar-refractivity contribution in [2.45, 2.75) is 97.5 Å². The minimum absolute atomic E-state index is 0.112. The Morgan fingerprint density at radius 1 is 0.872 bits per heavy atom. The van der Waals surface area contributed by atoms with Gasteiger partial charge in [0.25, 0.3) is 0 Å². The molecular formula is C27H41NO11. The number of esters is 1. The number of benzene rings is 1. The third-order valence-electron chi connectivity index (χ3n) is 4.66. The first-order chi connectivity index (χ1) is 17.9. The summed E-state index contributed by atoms with van der Waals surface area (Å²) in [6.45, 7) is 13.5. The summed E-state index contributed by atoms with van der Waals surface area (Å²) in [4.78, 5) is 49.2. The van der Waals surface area contributed by atoms with Crippen molar-refractivity contribution in [3.8, 4) is 11.5 Å². The molecule has 0 aromatic heterocycles. The van der Waals surface area contributed by atoms with Crippen LogP contribution in [0.15, 0.2) is 18.2 Å². The predicted molar refractivity (Wildman–Crippen MR) is 140 cm³/mol. The van der Waals surface area contributed by atoms with Gasteiger partial charge < -0.3 is 38.9 Å². The Balaban J connectivity index is 3.28. The van der Waals surface area contributed by atoms with Crippen LogP contribution < -0.4 is 15.2 Å². The van der Waals surface area contributed by atoms with Crippen LogP contribution in [0.3, 0.4) is 0 Å². The fraction of sp³-hybridized carbons (Fsp3) is 0.630. The molecule has 0 amide bonds. The third-order valence-corrected chi connectivity index (χ3v) is 4.66. The molecule has 2 atom stereocenters. The highest BCUT2D eigenvalue weighted by atomic mass is 16.8. The van der Waals surface area contributed by atoms with E-state index in [1.807, 2.05) is 6.92 Å². The second kappa shape index (κ2) is 14.0. The maximum Gasteiger partial charge on any atom is 0.514 e. The summed E-state index contributed by atoms with van der Waals surface area (Å²) in [5.41, 5.74) is 3.53. The molecule has 12 nitrogen and oxygen atoms in total. The zero-order chi connectivity index (χ0) is 30.0. The van der Waals surface area contributed by atoms with E-state index in [1.54, 1.807) is 48.5 Å². The fourth-order valence-electron chi connectivity index (χ4n) is 3.28. The van der Waals surface area contributed by atoms with Gasteiger partial charge in [0.15, 0.2) is 11.5 Å². The number of ether oxygens (including phenoxy) is 7. The number of carbonyl (C=O) groups is 4. The molecule has 0 aliphatic carbocycles. The van der Waals surface area contributed by atoms with E-state index in [9.17, 15) is 19.2 Å². The van der Waals surface area contributed by atoms with E-state index in [2.05, 4.69) is 0 Å². The molecule has 39 heavy (non-hydrogen) atoms. The maximum absolute atomic E-state index is 12.7. The van der Waals surface area contributed by atoms with Gasteiger partial charge >= 0.3 is 24.4 Å². The molecule has 0 saturated heterocycles. The number of nitrogens with two attached hydrogens (primary N) is 1. The van der Waals surface area contributed by atoms with E-state index in [0.717, 1.165) is 0 Å². The fourth-order valence-corrected chi connectivity index (χ4v) is 3.28. The van der Waals surface area contributed by atoms with Crippen molar-refractivity contribution >= 4 is 24.4 Å². The van der Waals surface area contributed by atoms with Crippen molar-refractivity contribution in [1.82, 2.24) is 0 Å². The van der Waals surface area contributed by atoms with E-state index >= 15 is 0 Å².